The molecule has 0 saturated heterocycles. The maximum Gasteiger partial charge on any atom is 0.254 e. The minimum atomic E-state index is -2.93. The summed E-state index contributed by atoms with van der Waals surface area (Å²) >= 11 is 16.5. The highest BCUT2D eigenvalue weighted by atomic mass is 35.5. The topological polar surface area (TPSA) is 127 Å². The molecule has 2 N–H and O–H groups in total. The van der Waals surface area contributed by atoms with E-state index in [-0.39, 0.29) is 28.5 Å². The van der Waals surface area contributed by atoms with Gasteiger partial charge in [-0.05, 0) is 53.6 Å². The Kier molecular flexibility index (Phi) is 10.8. The fourth-order valence-electron chi connectivity index (χ4n) is 4.48. The molecule has 1 heterocycles. The summed E-state index contributed by atoms with van der Waals surface area (Å²) in [6.45, 7) is 0. The Morgan fingerprint density at radius 3 is 2.27 bits per heavy atom. The average Bonchev–Trinajstić information content (AvgIpc) is 3.46. The van der Waals surface area contributed by atoms with Gasteiger partial charge >= 0.3 is 0 Å². The standard InChI is InChI=1S/C31H24Cl3N5O4S2/c32-21-12-13-23(28(18-21)39(45(42)43)29-26(37-44-38-29)16-19-7-3-1-4-8-19)30(40)36-27(17-20-11-14-24(33)25(34)15-20)31(41)35-22-9-5-2-6-10-22/h1-15,18,27H,16-17H2,(H,35,41)(H,36,40)(H,42,43)/p-1. The Balaban J connectivity index is 1.49. The van der Waals surface area contributed by atoms with Gasteiger partial charge in [0.1, 0.15) is 11.7 Å². The number of carbonyl (C=O) groups is 2. The molecule has 230 valence electrons. The second kappa shape index (κ2) is 15.0. The van der Waals surface area contributed by atoms with E-state index in [0.29, 0.717) is 33.4 Å². The van der Waals surface area contributed by atoms with Crippen molar-refractivity contribution in [3.05, 3.63) is 135 Å². The predicted molar refractivity (Wildman–Crippen MR) is 178 cm³/mol. The molecule has 0 radical (unpaired) electrons. The van der Waals surface area contributed by atoms with Crippen LogP contribution in [0, 0.1) is 0 Å². The van der Waals surface area contributed by atoms with Crippen LogP contribution < -0.4 is 14.9 Å². The Bertz CT molecular complexity index is 1840. The van der Waals surface area contributed by atoms with E-state index >= 15 is 0 Å². The van der Waals surface area contributed by atoms with Gasteiger partial charge in [-0.25, -0.2) is 0 Å². The van der Waals surface area contributed by atoms with Crippen LogP contribution in [0.2, 0.25) is 15.1 Å². The fourth-order valence-corrected chi connectivity index (χ4v) is 6.17. The molecule has 0 saturated carbocycles. The summed E-state index contributed by atoms with van der Waals surface area (Å²) in [5.74, 6) is -1.20. The fraction of sp³-hybridized carbons (Fsp3) is 0.0968. The van der Waals surface area contributed by atoms with Gasteiger partial charge in [0.25, 0.3) is 5.91 Å². The Hall–Kier alpha value is -3.84. The Morgan fingerprint density at radius 1 is 0.867 bits per heavy atom. The molecule has 2 amide bonds. The molecule has 2 unspecified atom stereocenters. The average molecular weight is 700 g/mol. The summed E-state index contributed by atoms with van der Waals surface area (Å²) in [7, 11) is 0. The lowest BCUT2D eigenvalue weighted by Crippen LogP contribution is -2.45. The number of anilines is 3. The lowest BCUT2D eigenvalue weighted by atomic mass is 10.0. The van der Waals surface area contributed by atoms with Crippen molar-refractivity contribution >= 4 is 86.8 Å². The van der Waals surface area contributed by atoms with Crippen molar-refractivity contribution in [2.45, 2.75) is 18.9 Å². The molecule has 0 spiro atoms. The highest BCUT2D eigenvalue weighted by molar-refractivity contribution is 7.81. The molecule has 0 bridgehead atoms. The largest absolute Gasteiger partial charge is 0.755 e. The summed E-state index contributed by atoms with van der Waals surface area (Å²) < 4.78 is 34.9. The minimum absolute atomic E-state index is 0.0303. The normalized spacial score (nSPS) is 12.3. The lowest BCUT2D eigenvalue weighted by Gasteiger charge is -2.27. The van der Waals surface area contributed by atoms with Crippen LogP contribution in [0.15, 0.2) is 97.1 Å². The molecule has 0 aliphatic heterocycles. The van der Waals surface area contributed by atoms with Crippen molar-refractivity contribution in [2.24, 2.45) is 0 Å². The van der Waals surface area contributed by atoms with Gasteiger partial charge in [-0.1, -0.05) is 89.4 Å². The van der Waals surface area contributed by atoms with Crippen LogP contribution in [-0.2, 0) is 28.9 Å². The quantitative estimate of drug-likeness (QED) is 0.143. The van der Waals surface area contributed by atoms with Crippen LogP contribution in [0.3, 0.4) is 0 Å². The van der Waals surface area contributed by atoms with E-state index < -0.39 is 29.1 Å². The number of nitrogens with zero attached hydrogens (tertiary/aromatic N) is 3. The molecule has 2 atom stereocenters. The number of nitrogens with one attached hydrogen (secondary N) is 2. The molecular weight excluding hydrogens is 677 g/mol. The number of benzene rings is 4. The molecule has 9 nitrogen and oxygen atoms in total. The number of rotatable bonds is 11. The van der Waals surface area contributed by atoms with Crippen LogP contribution in [-0.4, -0.2) is 35.4 Å². The summed E-state index contributed by atoms with van der Waals surface area (Å²) in [5.41, 5.74) is 2.32. The second-order valence-electron chi connectivity index (χ2n) is 9.70. The summed E-state index contributed by atoms with van der Waals surface area (Å²) in [4.78, 5) is 27.4. The van der Waals surface area contributed by atoms with Crippen molar-refractivity contribution in [2.75, 3.05) is 9.62 Å². The zero-order valence-corrected chi connectivity index (χ0v) is 27.1. The highest BCUT2D eigenvalue weighted by Gasteiger charge is 2.28. The van der Waals surface area contributed by atoms with Crippen molar-refractivity contribution in [1.29, 1.82) is 0 Å². The van der Waals surface area contributed by atoms with E-state index in [9.17, 15) is 18.4 Å². The van der Waals surface area contributed by atoms with Gasteiger partial charge < -0.3 is 15.2 Å². The number of para-hydroxylation sites is 1. The number of carbonyl (C=O) groups excluding carboxylic acids is 2. The lowest BCUT2D eigenvalue weighted by molar-refractivity contribution is -0.118. The van der Waals surface area contributed by atoms with Gasteiger partial charge in [0, 0.05) is 23.6 Å². The first-order valence-electron chi connectivity index (χ1n) is 13.3. The van der Waals surface area contributed by atoms with Crippen LogP contribution >= 0.6 is 46.5 Å². The van der Waals surface area contributed by atoms with Crippen LogP contribution in [0.1, 0.15) is 27.2 Å². The van der Waals surface area contributed by atoms with Gasteiger partial charge in [0.15, 0.2) is 5.82 Å². The zero-order chi connectivity index (χ0) is 31.9. The maximum absolute atomic E-state index is 13.9. The van der Waals surface area contributed by atoms with Gasteiger partial charge in [-0.3, -0.25) is 18.1 Å². The van der Waals surface area contributed by atoms with Crippen molar-refractivity contribution < 1.29 is 18.4 Å². The third-order valence-corrected chi connectivity index (χ3v) is 8.80. The Labute approximate surface area is 280 Å². The van der Waals surface area contributed by atoms with Crippen molar-refractivity contribution in [3.8, 4) is 0 Å². The van der Waals surface area contributed by atoms with Crippen LogP contribution in [0.25, 0.3) is 0 Å². The van der Waals surface area contributed by atoms with E-state index in [1.165, 1.54) is 18.2 Å². The van der Waals surface area contributed by atoms with E-state index in [0.717, 1.165) is 21.6 Å². The molecule has 45 heavy (non-hydrogen) atoms. The molecule has 5 aromatic rings. The number of hydrogen-bond acceptors (Lipinski definition) is 7. The molecule has 4 aromatic carbocycles. The van der Waals surface area contributed by atoms with E-state index in [1.807, 2.05) is 36.4 Å². The molecule has 0 fully saturated rings. The van der Waals surface area contributed by atoms with Crippen molar-refractivity contribution in [1.82, 2.24) is 14.1 Å². The predicted octanol–water partition coefficient (Wildman–Crippen LogP) is 7.00. The zero-order valence-electron chi connectivity index (χ0n) is 23.2. The number of amides is 2. The van der Waals surface area contributed by atoms with E-state index in [2.05, 4.69) is 19.4 Å². The summed E-state index contributed by atoms with van der Waals surface area (Å²) in [5, 5.41) is 6.37. The smallest absolute Gasteiger partial charge is 0.254 e. The first-order chi connectivity index (χ1) is 21.7. The monoisotopic (exact) mass is 698 g/mol. The molecule has 0 aliphatic carbocycles. The van der Waals surface area contributed by atoms with E-state index in [4.69, 9.17) is 34.8 Å². The maximum atomic E-state index is 13.9. The second-order valence-corrected chi connectivity index (χ2v) is 12.3. The summed E-state index contributed by atoms with van der Waals surface area (Å²) in [6.07, 6.45) is 0.354. The number of halogens is 3. The van der Waals surface area contributed by atoms with Crippen molar-refractivity contribution in [3.63, 3.8) is 0 Å². The molecule has 0 aliphatic rings. The van der Waals surface area contributed by atoms with Crippen LogP contribution in [0.4, 0.5) is 17.2 Å². The van der Waals surface area contributed by atoms with Gasteiger partial charge in [-0.2, -0.15) is 8.75 Å². The third-order valence-electron chi connectivity index (χ3n) is 6.60. The first-order valence-corrected chi connectivity index (χ1v) is 16.2. The number of hydrogen-bond donors (Lipinski definition) is 2. The van der Waals surface area contributed by atoms with E-state index in [1.54, 1.807) is 42.5 Å². The summed E-state index contributed by atoms with van der Waals surface area (Å²) in [6, 6.07) is 26.1. The third kappa shape index (κ3) is 8.26. The molecule has 1 aromatic heterocycles. The van der Waals surface area contributed by atoms with Crippen LogP contribution in [0.5, 0.6) is 0 Å². The minimum Gasteiger partial charge on any atom is -0.755 e. The Morgan fingerprint density at radius 2 is 1.58 bits per heavy atom. The van der Waals surface area contributed by atoms with Gasteiger partial charge in [-0.15, -0.1) is 0 Å². The number of aromatic nitrogens is 2. The highest BCUT2D eigenvalue weighted by Crippen LogP contribution is 2.34. The molecule has 14 heteroatoms. The van der Waals surface area contributed by atoms with Gasteiger partial charge in [0.2, 0.25) is 5.91 Å². The SMILES string of the molecule is O=C(NC(Cc1ccc(Cl)c(Cl)c1)C(=O)Nc1ccccc1)c1ccc(Cl)cc1N(c1nsnc1Cc1ccccc1)S(=O)[O-]. The van der Waals surface area contributed by atoms with Gasteiger partial charge in [0.05, 0.1) is 44.3 Å². The molecule has 5 rings (SSSR count). The molecular formula is C31H23Cl3N5O4S2-. The first kappa shape index (κ1) is 32.6.